The van der Waals surface area contributed by atoms with Gasteiger partial charge in [0, 0.05) is 17.0 Å². The maximum absolute atomic E-state index is 13.9. The number of ether oxygens (including phenoxy) is 1. The monoisotopic (exact) mass is 489 g/mol. The highest BCUT2D eigenvalue weighted by Gasteiger charge is 2.31. The average Bonchev–Trinajstić information content (AvgIpc) is 2.82. The SMILES string of the molecule is CCSc1cccc(Oc2ncc(F)cc2C(=O)N[C@H]2CC[C@@H](NC(=O)C(C)(C)CO)CC2)c1. The number of thioether (sulfide) groups is 1. The van der Waals surface area contributed by atoms with Crippen molar-refractivity contribution < 1.29 is 23.8 Å². The number of amides is 2. The Kier molecular flexibility index (Phi) is 8.90. The molecule has 2 amide bonds. The first-order chi connectivity index (χ1) is 16.2. The Hall–Kier alpha value is -2.65. The van der Waals surface area contributed by atoms with Crippen molar-refractivity contribution in [3.8, 4) is 11.6 Å². The molecule has 0 saturated heterocycles. The van der Waals surface area contributed by atoms with Crippen molar-refractivity contribution in [2.24, 2.45) is 5.41 Å². The molecule has 7 nitrogen and oxygen atoms in total. The second kappa shape index (κ2) is 11.7. The molecule has 1 aromatic heterocycles. The van der Waals surface area contributed by atoms with E-state index < -0.39 is 17.1 Å². The minimum absolute atomic E-state index is 0.00512. The summed E-state index contributed by atoms with van der Waals surface area (Å²) in [5.74, 6) is 0.229. The van der Waals surface area contributed by atoms with Crippen molar-refractivity contribution in [2.45, 2.75) is 63.4 Å². The average molecular weight is 490 g/mol. The number of aliphatic hydroxyl groups is 1. The molecule has 3 rings (SSSR count). The molecular formula is C25H32FN3O4S. The molecule has 3 N–H and O–H groups in total. The smallest absolute Gasteiger partial charge is 0.257 e. The highest BCUT2D eigenvalue weighted by atomic mass is 32.2. The third-order valence-electron chi connectivity index (χ3n) is 5.80. The van der Waals surface area contributed by atoms with Gasteiger partial charge in [-0.2, -0.15) is 0 Å². The van der Waals surface area contributed by atoms with E-state index in [1.54, 1.807) is 31.7 Å². The van der Waals surface area contributed by atoms with Crippen LogP contribution in [-0.4, -0.2) is 46.3 Å². The van der Waals surface area contributed by atoms with Gasteiger partial charge in [0.05, 0.1) is 18.2 Å². The van der Waals surface area contributed by atoms with Crippen LogP contribution in [0.5, 0.6) is 11.6 Å². The van der Waals surface area contributed by atoms with Crippen LogP contribution in [0.1, 0.15) is 56.8 Å². The molecule has 0 bridgehead atoms. The molecule has 1 heterocycles. The van der Waals surface area contributed by atoms with Gasteiger partial charge in [-0.25, -0.2) is 9.37 Å². The lowest BCUT2D eigenvalue weighted by Crippen LogP contribution is -2.48. The number of aliphatic hydroxyl groups excluding tert-OH is 1. The molecule has 1 aliphatic carbocycles. The number of hydrogen-bond acceptors (Lipinski definition) is 6. The molecule has 9 heteroatoms. The Balaban J connectivity index is 1.62. The predicted octanol–water partition coefficient (Wildman–Crippen LogP) is 4.30. The fraction of sp³-hybridized carbons (Fsp3) is 0.480. The zero-order chi connectivity index (χ0) is 24.7. The Bertz CT molecular complexity index is 1010. The summed E-state index contributed by atoms with van der Waals surface area (Å²) in [5, 5.41) is 15.3. The van der Waals surface area contributed by atoms with E-state index >= 15 is 0 Å². The highest BCUT2D eigenvalue weighted by Crippen LogP contribution is 2.28. The predicted molar refractivity (Wildman–Crippen MR) is 130 cm³/mol. The maximum atomic E-state index is 13.9. The molecule has 1 aromatic carbocycles. The molecule has 34 heavy (non-hydrogen) atoms. The fourth-order valence-corrected chi connectivity index (χ4v) is 4.38. The number of pyridine rings is 1. The zero-order valence-electron chi connectivity index (χ0n) is 19.8. The van der Waals surface area contributed by atoms with E-state index in [-0.39, 0.29) is 36.0 Å². The third kappa shape index (κ3) is 6.93. The molecular weight excluding hydrogens is 457 g/mol. The first kappa shape index (κ1) is 26.0. The van der Waals surface area contributed by atoms with Gasteiger partial charge in [-0.05, 0) is 69.5 Å². The molecule has 0 unspecified atom stereocenters. The standard InChI is InChI=1S/C25H32FN3O4S/c1-4-34-20-7-5-6-19(13-20)33-23-21(12-16(26)14-27-23)22(31)28-17-8-10-18(11-9-17)29-24(32)25(2,3)15-30/h5-7,12-14,17-18,30H,4,8-11,15H2,1-3H3,(H,28,31)(H,29,32)/t17-,18+. The Morgan fingerprint density at radius 2 is 1.85 bits per heavy atom. The van der Waals surface area contributed by atoms with Crippen molar-refractivity contribution in [3.63, 3.8) is 0 Å². The van der Waals surface area contributed by atoms with Gasteiger partial charge in [0.25, 0.3) is 5.91 Å². The number of carbonyl (C=O) groups excluding carboxylic acids is 2. The van der Waals surface area contributed by atoms with Gasteiger partial charge in [0.1, 0.15) is 17.1 Å². The quantitative estimate of drug-likeness (QED) is 0.454. The van der Waals surface area contributed by atoms with Crippen LogP contribution in [0, 0.1) is 11.2 Å². The van der Waals surface area contributed by atoms with Crippen molar-refractivity contribution in [3.05, 3.63) is 47.9 Å². The van der Waals surface area contributed by atoms with Gasteiger partial charge in [-0.1, -0.05) is 13.0 Å². The number of benzene rings is 1. The molecule has 2 aromatic rings. The summed E-state index contributed by atoms with van der Waals surface area (Å²) in [7, 11) is 0. The van der Waals surface area contributed by atoms with Crippen molar-refractivity contribution in [1.82, 2.24) is 15.6 Å². The van der Waals surface area contributed by atoms with Gasteiger partial charge >= 0.3 is 0 Å². The Morgan fingerprint density at radius 3 is 2.50 bits per heavy atom. The minimum atomic E-state index is -0.833. The number of carbonyl (C=O) groups is 2. The van der Waals surface area contributed by atoms with Gasteiger partial charge in [-0.15, -0.1) is 11.8 Å². The van der Waals surface area contributed by atoms with Crippen molar-refractivity contribution in [1.29, 1.82) is 0 Å². The topological polar surface area (TPSA) is 101 Å². The maximum Gasteiger partial charge on any atom is 0.257 e. The number of nitrogens with one attached hydrogen (secondary N) is 2. The van der Waals surface area contributed by atoms with Crippen molar-refractivity contribution >= 4 is 23.6 Å². The van der Waals surface area contributed by atoms with E-state index in [1.807, 2.05) is 18.2 Å². The molecule has 0 atom stereocenters. The van der Waals surface area contributed by atoms with E-state index in [9.17, 15) is 19.1 Å². The van der Waals surface area contributed by atoms with Crippen LogP contribution in [-0.2, 0) is 4.79 Å². The zero-order valence-corrected chi connectivity index (χ0v) is 20.6. The van der Waals surface area contributed by atoms with Crippen LogP contribution >= 0.6 is 11.8 Å². The van der Waals surface area contributed by atoms with Crippen LogP contribution in [0.3, 0.4) is 0 Å². The molecule has 0 aliphatic heterocycles. The van der Waals surface area contributed by atoms with E-state index in [2.05, 4.69) is 22.5 Å². The van der Waals surface area contributed by atoms with Crippen molar-refractivity contribution in [2.75, 3.05) is 12.4 Å². The van der Waals surface area contributed by atoms with E-state index in [0.29, 0.717) is 31.4 Å². The largest absolute Gasteiger partial charge is 0.438 e. The summed E-state index contributed by atoms with van der Waals surface area (Å²) in [6.45, 7) is 5.22. The van der Waals surface area contributed by atoms with Crippen LogP contribution in [0.2, 0.25) is 0 Å². The minimum Gasteiger partial charge on any atom is -0.438 e. The number of nitrogens with zero attached hydrogens (tertiary/aromatic N) is 1. The van der Waals surface area contributed by atoms with E-state index in [4.69, 9.17) is 4.74 Å². The normalized spacial score (nSPS) is 18.3. The lowest BCUT2D eigenvalue weighted by atomic mass is 9.88. The summed E-state index contributed by atoms with van der Waals surface area (Å²) < 4.78 is 19.8. The summed E-state index contributed by atoms with van der Waals surface area (Å²) in [6, 6.07) is 8.47. The van der Waals surface area contributed by atoms with Crippen LogP contribution in [0.25, 0.3) is 0 Å². The first-order valence-electron chi connectivity index (χ1n) is 11.5. The highest BCUT2D eigenvalue weighted by molar-refractivity contribution is 7.99. The summed E-state index contributed by atoms with van der Waals surface area (Å²) in [4.78, 5) is 30.3. The number of hydrogen-bond donors (Lipinski definition) is 3. The van der Waals surface area contributed by atoms with E-state index in [1.165, 1.54) is 0 Å². The summed E-state index contributed by atoms with van der Waals surface area (Å²) in [6.07, 6.45) is 3.77. The van der Waals surface area contributed by atoms with Gasteiger partial charge in [-0.3, -0.25) is 9.59 Å². The molecule has 1 aliphatic rings. The van der Waals surface area contributed by atoms with Crippen LogP contribution in [0.15, 0.2) is 41.4 Å². The van der Waals surface area contributed by atoms with Gasteiger partial charge in [0.15, 0.2) is 0 Å². The third-order valence-corrected chi connectivity index (χ3v) is 6.68. The lowest BCUT2D eigenvalue weighted by Gasteiger charge is -2.32. The molecule has 0 radical (unpaired) electrons. The second-order valence-electron chi connectivity index (χ2n) is 9.05. The van der Waals surface area contributed by atoms with E-state index in [0.717, 1.165) is 22.9 Å². The van der Waals surface area contributed by atoms with Crippen LogP contribution in [0.4, 0.5) is 4.39 Å². The number of aromatic nitrogens is 1. The Morgan fingerprint density at radius 1 is 1.18 bits per heavy atom. The fourth-order valence-electron chi connectivity index (χ4n) is 3.67. The number of halogens is 1. The molecule has 1 saturated carbocycles. The van der Waals surface area contributed by atoms with Crippen LogP contribution < -0.4 is 15.4 Å². The molecule has 1 fully saturated rings. The molecule has 0 spiro atoms. The molecule has 184 valence electrons. The lowest BCUT2D eigenvalue weighted by molar-refractivity contribution is -0.132. The Labute approximate surface area is 203 Å². The summed E-state index contributed by atoms with van der Waals surface area (Å²) in [5.41, 5.74) is -0.797. The summed E-state index contributed by atoms with van der Waals surface area (Å²) >= 11 is 1.66. The number of rotatable bonds is 9. The van der Waals surface area contributed by atoms with Gasteiger partial charge < -0.3 is 20.5 Å². The first-order valence-corrected chi connectivity index (χ1v) is 12.5. The second-order valence-corrected chi connectivity index (χ2v) is 10.4. The van der Waals surface area contributed by atoms with Gasteiger partial charge in [0.2, 0.25) is 11.8 Å².